The Morgan fingerprint density at radius 2 is 2.18 bits per heavy atom. The van der Waals surface area contributed by atoms with Gasteiger partial charge in [-0.05, 0) is 30.3 Å². The van der Waals surface area contributed by atoms with Gasteiger partial charge in [0.1, 0.15) is 17.1 Å². The highest BCUT2D eigenvalue weighted by atomic mass is 35.5. The molecule has 1 aromatic carbocycles. The van der Waals surface area contributed by atoms with Crippen molar-refractivity contribution >= 4 is 11.6 Å². The summed E-state index contributed by atoms with van der Waals surface area (Å²) in [5.41, 5.74) is 8.93. The summed E-state index contributed by atoms with van der Waals surface area (Å²) in [6.45, 7) is 0.286. The van der Waals surface area contributed by atoms with Gasteiger partial charge in [-0.25, -0.2) is 4.68 Å². The summed E-state index contributed by atoms with van der Waals surface area (Å²) in [6.07, 6.45) is 3.46. The molecule has 0 bridgehead atoms. The maximum absolute atomic E-state index is 6.19. The van der Waals surface area contributed by atoms with Gasteiger partial charge in [-0.3, -0.25) is 4.98 Å². The monoisotopic (exact) mass is 315 g/mol. The van der Waals surface area contributed by atoms with E-state index in [9.17, 15) is 0 Å². The molecular weight excluding hydrogens is 302 g/mol. The number of methoxy groups -OCH3 is 1. The number of benzene rings is 1. The number of hydrogen-bond acceptors (Lipinski definition) is 5. The van der Waals surface area contributed by atoms with Gasteiger partial charge in [0.2, 0.25) is 0 Å². The zero-order valence-electron chi connectivity index (χ0n) is 11.9. The molecule has 0 saturated heterocycles. The summed E-state index contributed by atoms with van der Waals surface area (Å²) in [5.74, 6) is 0.604. The Labute approximate surface area is 132 Å². The second-order valence-corrected chi connectivity index (χ2v) is 4.97. The van der Waals surface area contributed by atoms with Crippen LogP contribution in [0.3, 0.4) is 0 Å². The van der Waals surface area contributed by atoms with Gasteiger partial charge in [-0.15, -0.1) is 5.10 Å². The molecule has 0 amide bonds. The van der Waals surface area contributed by atoms with Crippen LogP contribution >= 0.6 is 11.6 Å². The van der Waals surface area contributed by atoms with Gasteiger partial charge in [-0.1, -0.05) is 16.8 Å². The lowest BCUT2D eigenvalue weighted by atomic mass is 10.1. The van der Waals surface area contributed by atoms with E-state index >= 15 is 0 Å². The molecule has 0 radical (unpaired) electrons. The topological polar surface area (TPSA) is 78.8 Å². The van der Waals surface area contributed by atoms with Crippen LogP contribution in [-0.4, -0.2) is 27.1 Å². The molecule has 0 atom stereocenters. The summed E-state index contributed by atoms with van der Waals surface area (Å²) < 4.78 is 6.87. The largest absolute Gasteiger partial charge is 0.495 e. The van der Waals surface area contributed by atoms with Crippen LogP contribution in [0.25, 0.3) is 16.9 Å². The number of rotatable bonds is 4. The van der Waals surface area contributed by atoms with Gasteiger partial charge in [0, 0.05) is 24.5 Å². The first-order chi connectivity index (χ1) is 10.7. The van der Waals surface area contributed by atoms with Crippen molar-refractivity contribution in [3.05, 3.63) is 53.4 Å². The van der Waals surface area contributed by atoms with E-state index in [4.69, 9.17) is 22.1 Å². The van der Waals surface area contributed by atoms with E-state index in [1.165, 1.54) is 0 Å². The summed E-state index contributed by atoms with van der Waals surface area (Å²) in [5, 5.41) is 8.84. The Morgan fingerprint density at radius 1 is 1.32 bits per heavy atom. The molecular formula is C15H14ClN5O. The maximum Gasteiger partial charge on any atom is 0.137 e. The average molecular weight is 316 g/mol. The molecule has 0 spiro atoms. The van der Waals surface area contributed by atoms with Crippen LogP contribution in [0.15, 0.2) is 42.7 Å². The fourth-order valence-corrected chi connectivity index (χ4v) is 2.46. The van der Waals surface area contributed by atoms with Crippen molar-refractivity contribution in [2.75, 3.05) is 7.11 Å². The fraction of sp³-hybridized carbons (Fsp3) is 0.133. The predicted molar refractivity (Wildman–Crippen MR) is 84.0 cm³/mol. The normalized spacial score (nSPS) is 10.7. The van der Waals surface area contributed by atoms with Gasteiger partial charge in [-0.2, -0.15) is 0 Å². The molecule has 0 unspecified atom stereocenters. The molecule has 2 N–H and O–H groups in total. The van der Waals surface area contributed by atoms with Crippen LogP contribution < -0.4 is 10.5 Å². The van der Waals surface area contributed by atoms with Gasteiger partial charge in [0.05, 0.1) is 17.8 Å². The molecule has 0 aliphatic rings. The summed E-state index contributed by atoms with van der Waals surface area (Å²) in [6, 6.07) is 9.21. The van der Waals surface area contributed by atoms with Gasteiger partial charge < -0.3 is 10.5 Å². The lowest BCUT2D eigenvalue weighted by Gasteiger charge is -2.09. The molecule has 6 nitrogen and oxygen atoms in total. The second kappa shape index (κ2) is 6.13. The predicted octanol–water partition coefficient (Wildman–Crippen LogP) is 2.45. The SMILES string of the molecule is COc1ccc(-n2nnc(CN)c2-c2cccnc2)cc1Cl. The average Bonchev–Trinajstić information content (AvgIpc) is 2.99. The van der Waals surface area contributed by atoms with Crippen molar-refractivity contribution in [3.63, 3.8) is 0 Å². The van der Waals surface area contributed by atoms with Crippen molar-refractivity contribution in [2.24, 2.45) is 5.73 Å². The minimum atomic E-state index is 0.286. The molecule has 3 aromatic rings. The number of nitrogens with two attached hydrogens (primary N) is 1. The van der Waals surface area contributed by atoms with Crippen molar-refractivity contribution < 1.29 is 4.74 Å². The molecule has 0 fully saturated rings. The van der Waals surface area contributed by atoms with Crippen molar-refractivity contribution in [2.45, 2.75) is 6.54 Å². The van der Waals surface area contributed by atoms with Crippen molar-refractivity contribution in [3.8, 4) is 22.7 Å². The third-order valence-corrected chi connectivity index (χ3v) is 3.54. The van der Waals surface area contributed by atoms with E-state index in [0.29, 0.717) is 16.5 Å². The number of nitrogens with zero attached hydrogens (tertiary/aromatic N) is 4. The van der Waals surface area contributed by atoms with Crippen LogP contribution in [0.4, 0.5) is 0 Å². The molecule has 22 heavy (non-hydrogen) atoms. The number of pyridine rings is 1. The van der Waals surface area contributed by atoms with E-state index in [1.807, 2.05) is 18.2 Å². The quantitative estimate of drug-likeness (QED) is 0.800. The maximum atomic E-state index is 6.19. The van der Waals surface area contributed by atoms with E-state index in [1.54, 1.807) is 36.3 Å². The number of ether oxygens (including phenoxy) is 1. The van der Waals surface area contributed by atoms with E-state index in [0.717, 1.165) is 16.9 Å². The molecule has 112 valence electrons. The van der Waals surface area contributed by atoms with Crippen LogP contribution in [-0.2, 0) is 6.54 Å². The zero-order valence-corrected chi connectivity index (χ0v) is 12.7. The number of aromatic nitrogens is 4. The van der Waals surface area contributed by atoms with E-state index in [-0.39, 0.29) is 6.54 Å². The third kappa shape index (κ3) is 2.54. The van der Waals surface area contributed by atoms with Crippen LogP contribution in [0.2, 0.25) is 5.02 Å². The summed E-state index contributed by atoms with van der Waals surface area (Å²) >= 11 is 6.19. The Kier molecular flexibility index (Phi) is 4.04. The smallest absolute Gasteiger partial charge is 0.137 e. The molecule has 0 saturated carbocycles. The van der Waals surface area contributed by atoms with Crippen molar-refractivity contribution in [1.82, 2.24) is 20.0 Å². The standard InChI is InChI=1S/C15H14ClN5O/c1-22-14-5-4-11(7-12(14)16)21-15(13(8-17)19-20-21)10-3-2-6-18-9-10/h2-7,9H,8,17H2,1H3. The van der Waals surface area contributed by atoms with Gasteiger partial charge in [0.15, 0.2) is 0 Å². The molecule has 2 heterocycles. The Hall–Kier alpha value is -2.44. The molecule has 2 aromatic heterocycles. The highest BCUT2D eigenvalue weighted by Gasteiger charge is 2.16. The fourth-order valence-electron chi connectivity index (χ4n) is 2.21. The highest BCUT2D eigenvalue weighted by Crippen LogP contribution is 2.29. The van der Waals surface area contributed by atoms with Crippen LogP contribution in [0.1, 0.15) is 5.69 Å². The van der Waals surface area contributed by atoms with Gasteiger partial charge >= 0.3 is 0 Å². The second-order valence-electron chi connectivity index (χ2n) is 4.56. The lowest BCUT2D eigenvalue weighted by molar-refractivity contribution is 0.415. The summed E-state index contributed by atoms with van der Waals surface area (Å²) in [7, 11) is 1.57. The Balaban J connectivity index is 2.16. The van der Waals surface area contributed by atoms with Gasteiger partial charge in [0.25, 0.3) is 0 Å². The first-order valence-corrected chi connectivity index (χ1v) is 7.01. The molecule has 7 heteroatoms. The van der Waals surface area contributed by atoms with E-state index < -0.39 is 0 Å². The number of hydrogen-bond donors (Lipinski definition) is 1. The molecule has 3 rings (SSSR count). The third-order valence-electron chi connectivity index (χ3n) is 3.25. The zero-order chi connectivity index (χ0) is 15.5. The van der Waals surface area contributed by atoms with E-state index in [2.05, 4.69) is 15.3 Å². The minimum absolute atomic E-state index is 0.286. The Bertz CT molecular complexity index is 788. The lowest BCUT2D eigenvalue weighted by Crippen LogP contribution is -2.03. The van der Waals surface area contributed by atoms with Crippen molar-refractivity contribution in [1.29, 1.82) is 0 Å². The summed E-state index contributed by atoms with van der Waals surface area (Å²) in [4.78, 5) is 4.14. The first-order valence-electron chi connectivity index (χ1n) is 6.63. The Morgan fingerprint density at radius 3 is 2.82 bits per heavy atom. The first kappa shape index (κ1) is 14.5. The minimum Gasteiger partial charge on any atom is -0.495 e. The molecule has 0 aliphatic heterocycles. The number of halogens is 1. The van der Waals surface area contributed by atoms with Crippen LogP contribution in [0.5, 0.6) is 5.75 Å². The highest BCUT2D eigenvalue weighted by molar-refractivity contribution is 6.32. The molecule has 0 aliphatic carbocycles. The van der Waals surface area contributed by atoms with Crippen LogP contribution in [0, 0.1) is 0 Å².